The molecule has 2 N–H and O–H groups in total. The minimum Gasteiger partial charge on any atom is -0.335 e. The third-order valence-corrected chi connectivity index (χ3v) is 3.39. The molecule has 1 fully saturated rings. The van der Waals surface area contributed by atoms with Gasteiger partial charge in [-0.25, -0.2) is 13.6 Å². The van der Waals surface area contributed by atoms with E-state index in [-0.39, 0.29) is 24.2 Å². The van der Waals surface area contributed by atoms with Crippen molar-refractivity contribution in [3.8, 4) is 0 Å². The molecule has 0 aromatic heterocycles. The smallest absolute Gasteiger partial charge is 0.315 e. The minimum atomic E-state index is -0.641. The van der Waals surface area contributed by atoms with Crippen molar-refractivity contribution in [1.29, 1.82) is 0 Å². The summed E-state index contributed by atoms with van der Waals surface area (Å²) >= 11 is 0. The van der Waals surface area contributed by atoms with Gasteiger partial charge < -0.3 is 10.6 Å². The summed E-state index contributed by atoms with van der Waals surface area (Å²) in [5.41, 5.74) is 0.278. The highest BCUT2D eigenvalue weighted by Crippen LogP contribution is 2.17. The van der Waals surface area contributed by atoms with E-state index >= 15 is 0 Å². The van der Waals surface area contributed by atoms with Gasteiger partial charge in [0.2, 0.25) is 0 Å². The summed E-state index contributed by atoms with van der Waals surface area (Å²) in [5.74, 6) is -1.26. The van der Waals surface area contributed by atoms with Gasteiger partial charge in [0.25, 0.3) is 0 Å². The van der Waals surface area contributed by atoms with Crippen LogP contribution in [0.2, 0.25) is 0 Å². The number of halogens is 2. The first-order chi connectivity index (χ1) is 9.15. The Labute approximate surface area is 111 Å². The Morgan fingerprint density at radius 3 is 2.63 bits per heavy atom. The number of hydrogen-bond acceptors (Lipinski definition) is 1. The molecule has 0 atom stereocenters. The predicted molar refractivity (Wildman–Crippen MR) is 68.6 cm³/mol. The second-order valence-corrected chi connectivity index (χ2v) is 4.90. The van der Waals surface area contributed by atoms with Crippen LogP contribution < -0.4 is 10.6 Å². The van der Waals surface area contributed by atoms with E-state index in [1.807, 2.05) is 0 Å². The van der Waals surface area contributed by atoms with Crippen molar-refractivity contribution in [3.05, 3.63) is 35.4 Å². The Morgan fingerprint density at radius 1 is 1.21 bits per heavy atom. The van der Waals surface area contributed by atoms with Gasteiger partial charge in [0.05, 0.1) is 0 Å². The van der Waals surface area contributed by atoms with E-state index in [0.29, 0.717) is 0 Å². The summed E-state index contributed by atoms with van der Waals surface area (Å²) in [6, 6.07) is 3.25. The topological polar surface area (TPSA) is 41.1 Å². The van der Waals surface area contributed by atoms with E-state index in [4.69, 9.17) is 0 Å². The van der Waals surface area contributed by atoms with Gasteiger partial charge in [0.1, 0.15) is 11.6 Å². The van der Waals surface area contributed by atoms with Crippen LogP contribution in [0.3, 0.4) is 0 Å². The number of hydrogen-bond donors (Lipinski definition) is 2. The molecule has 19 heavy (non-hydrogen) atoms. The van der Waals surface area contributed by atoms with E-state index in [9.17, 15) is 13.6 Å². The van der Waals surface area contributed by atoms with E-state index < -0.39 is 11.6 Å². The lowest BCUT2D eigenvalue weighted by Gasteiger charge is -2.22. The summed E-state index contributed by atoms with van der Waals surface area (Å²) in [6.07, 6.45) is 5.49. The van der Waals surface area contributed by atoms with Crippen LogP contribution in [0.1, 0.15) is 37.7 Å². The summed E-state index contributed by atoms with van der Waals surface area (Å²) < 4.78 is 26.1. The molecule has 0 bridgehead atoms. The number of amides is 2. The van der Waals surface area contributed by atoms with Crippen molar-refractivity contribution in [3.63, 3.8) is 0 Å². The Morgan fingerprint density at radius 2 is 1.95 bits per heavy atom. The lowest BCUT2D eigenvalue weighted by Crippen LogP contribution is -2.42. The maximum atomic E-state index is 13.3. The van der Waals surface area contributed by atoms with Crippen LogP contribution in [0, 0.1) is 11.6 Å². The van der Waals surface area contributed by atoms with Crippen LogP contribution in [0.5, 0.6) is 0 Å². The number of urea groups is 1. The highest BCUT2D eigenvalue weighted by atomic mass is 19.1. The van der Waals surface area contributed by atoms with Crippen LogP contribution in [0.15, 0.2) is 18.2 Å². The van der Waals surface area contributed by atoms with Crippen molar-refractivity contribution >= 4 is 6.03 Å². The molecule has 104 valence electrons. The van der Waals surface area contributed by atoms with Gasteiger partial charge in [-0.15, -0.1) is 0 Å². The monoisotopic (exact) mass is 268 g/mol. The molecule has 3 nitrogen and oxygen atoms in total. The van der Waals surface area contributed by atoms with Crippen LogP contribution >= 0.6 is 0 Å². The first kappa shape index (κ1) is 13.8. The van der Waals surface area contributed by atoms with Gasteiger partial charge in [-0.05, 0) is 18.9 Å². The molecule has 1 aromatic carbocycles. The van der Waals surface area contributed by atoms with E-state index in [2.05, 4.69) is 10.6 Å². The lowest BCUT2D eigenvalue weighted by atomic mass is 9.96. The predicted octanol–water partition coefficient (Wildman–Crippen LogP) is 3.10. The Hall–Kier alpha value is -1.65. The number of carbonyl (C=O) groups excluding carboxylic acids is 1. The third kappa shape index (κ3) is 4.19. The van der Waals surface area contributed by atoms with Crippen molar-refractivity contribution in [2.75, 3.05) is 0 Å². The van der Waals surface area contributed by atoms with Gasteiger partial charge in [-0.3, -0.25) is 0 Å². The average Bonchev–Trinajstić information content (AvgIpc) is 2.39. The van der Waals surface area contributed by atoms with Crippen LogP contribution in [0.25, 0.3) is 0 Å². The van der Waals surface area contributed by atoms with Crippen molar-refractivity contribution < 1.29 is 13.6 Å². The first-order valence-electron chi connectivity index (χ1n) is 6.63. The molecule has 2 amide bonds. The molecule has 1 aliphatic rings. The van der Waals surface area contributed by atoms with E-state index in [1.165, 1.54) is 18.6 Å². The summed E-state index contributed by atoms with van der Waals surface area (Å²) in [6.45, 7) is 0.0602. The fourth-order valence-corrected chi connectivity index (χ4v) is 2.32. The molecule has 1 saturated carbocycles. The maximum absolute atomic E-state index is 13.3. The fraction of sp³-hybridized carbons (Fsp3) is 0.500. The van der Waals surface area contributed by atoms with Gasteiger partial charge in [-0.1, -0.05) is 25.3 Å². The second kappa shape index (κ2) is 6.50. The molecule has 2 rings (SSSR count). The normalized spacial score (nSPS) is 16.1. The highest BCUT2D eigenvalue weighted by molar-refractivity contribution is 5.74. The molecule has 0 unspecified atom stereocenters. The molecule has 5 heteroatoms. The zero-order valence-electron chi connectivity index (χ0n) is 10.7. The number of rotatable bonds is 3. The number of nitrogens with one attached hydrogen (secondary N) is 2. The third-order valence-electron chi connectivity index (χ3n) is 3.39. The van der Waals surface area contributed by atoms with Gasteiger partial charge >= 0.3 is 6.03 Å². The molecular formula is C14H18F2N2O. The summed E-state index contributed by atoms with van der Waals surface area (Å²) in [7, 11) is 0. The Balaban J connectivity index is 1.79. The molecule has 0 heterocycles. The summed E-state index contributed by atoms with van der Waals surface area (Å²) in [4.78, 5) is 11.6. The van der Waals surface area contributed by atoms with Crippen LogP contribution in [0.4, 0.5) is 13.6 Å². The van der Waals surface area contributed by atoms with Gasteiger partial charge in [0, 0.05) is 24.2 Å². The maximum Gasteiger partial charge on any atom is 0.315 e. The Kier molecular flexibility index (Phi) is 4.71. The standard InChI is InChI=1S/C14H18F2N2O/c15-11-7-6-10(13(16)8-11)9-17-14(19)18-12-4-2-1-3-5-12/h6-8,12H,1-5,9H2,(H2,17,18,19). The number of benzene rings is 1. The second-order valence-electron chi connectivity index (χ2n) is 4.90. The minimum absolute atomic E-state index is 0.0602. The van der Waals surface area contributed by atoms with Crippen molar-refractivity contribution in [2.24, 2.45) is 0 Å². The fourth-order valence-electron chi connectivity index (χ4n) is 2.32. The van der Waals surface area contributed by atoms with E-state index in [0.717, 1.165) is 31.7 Å². The SMILES string of the molecule is O=C(NCc1ccc(F)cc1F)NC1CCCCC1. The molecule has 0 radical (unpaired) electrons. The van der Waals surface area contributed by atoms with Gasteiger partial charge in [0.15, 0.2) is 0 Å². The van der Waals surface area contributed by atoms with Crippen LogP contribution in [-0.4, -0.2) is 12.1 Å². The highest BCUT2D eigenvalue weighted by Gasteiger charge is 2.15. The molecule has 0 saturated heterocycles. The van der Waals surface area contributed by atoms with Crippen molar-refractivity contribution in [1.82, 2.24) is 10.6 Å². The zero-order chi connectivity index (χ0) is 13.7. The van der Waals surface area contributed by atoms with Crippen LogP contribution in [-0.2, 0) is 6.54 Å². The molecule has 1 aliphatic carbocycles. The van der Waals surface area contributed by atoms with Gasteiger partial charge in [-0.2, -0.15) is 0 Å². The Bertz CT molecular complexity index is 445. The van der Waals surface area contributed by atoms with Crippen molar-refractivity contribution in [2.45, 2.75) is 44.7 Å². The molecule has 0 aliphatic heterocycles. The molecular weight excluding hydrogens is 250 g/mol. The lowest BCUT2D eigenvalue weighted by molar-refractivity contribution is 0.232. The zero-order valence-corrected chi connectivity index (χ0v) is 10.7. The van der Waals surface area contributed by atoms with E-state index in [1.54, 1.807) is 0 Å². The molecule has 1 aromatic rings. The summed E-state index contributed by atoms with van der Waals surface area (Å²) in [5, 5.41) is 5.47. The first-order valence-corrected chi connectivity index (χ1v) is 6.63. The molecule has 0 spiro atoms. The number of carbonyl (C=O) groups is 1. The average molecular weight is 268 g/mol. The largest absolute Gasteiger partial charge is 0.335 e. The quantitative estimate of drug-likeness (QED) is 0.869.